The quantitative estimate of drug-likeness (QED) is 0.491. The van der Waals surface area contributed by atoms with E-state index in [0.29, 0.717) is 28.7 Å². The van der Waals surface area contributed by atoms with Crippen molar-refractivity contribution in [3.63, 3.8) is 0 Å². The van der Waals surface area contributed by atoms with Crippen LogP contribution in [0.25, 0.3) is 11.0 Å². The molecule has 0 spiro atoms. The Balaban J connectivity index is 1.78. The summed E-state index contributed by atoms with van der Waals surface area (Å²) in [5.41, 5.74) is 2.76. The summed E-state index contributed by atoms with van der Waals surface area (Å²) in [4.78, 5) is 21.3. The minimum absolute atomic E-state index is 0.0732. The van der Waals surface area contributed by atoms with Crippen molar-refractivity contribution in [2.75, 3.05) is 0 Å². The normalized spacial score (nSPS) is 11.0. The number of rotatable bonds is 5. The van der Waals surface area contributed by atoms with Gasteiger partial charge in [0.15, 0.2) is 0 Å². The van der Waals surface area contributed by atoms with Gasteiger partial charge in [-0.1, -0.05) is 36.0 Å². The third-order valence-corrected chi connectivity index (χ3v) is 4.29. The smallest absolute Gasteiger partial charge is 0.339 e. The molecule has 0 radical (unpaired) electrons. The number of aryl methyl sites for hydroxylation is 1. The van der Waals surface area contributed by atoms with Crippen LogP contribution >= 0.6 is 11.8 Å². The Bertz CT molecular complexity index is 918. The molecule has 0 bridgehead atoms. The monoisotopic (exact) mass is 360 g/mol. The zero-order valence-corrected chi connectivity index (χ0v) is 14.1. The maximum absolute atomic E-state index is 12.6. The van der Waals surface area contributed by atoms with E-state index < -0.39 is 11.7 Å². The number of carbonyl (C=O) groups is 1. The minimum atomic E-state index is -2.61. The van der Waals surface area contributed by atoms with Gasteiger partial charge in [0.2, 0.25) is 0 Å². The average Bonchev–Trinajstić information content (AvgIpc) is 2.59. The number of halogens is 2. The topological polar surface area (TPSA) is 52.1 Å². The standard InChI is InChI=1S/C18H14F2N2O2S/c1-11-15(22-14-8-4-3-7-13(14)21-11)10-24-17(23)12-6-2-5-9-16(12)25-18(19)20/h2-9,18H,10H2,1H3. The number of carbonyl (C=O) groups excluding carboxylic acids is 1. The van der Waals surface area contributed by atoms with Crippen LogP contribution in [-0.2, 0) is 11.3 Å². The van der Waals surface area contributed by atoms with Crippen molar-refractivity contribution in [1.29, 1.82) is 0 Å². The van der Waals surface area contributed by atoms with Crippen molar-refractivity contribution >= 4 is 28.8 Å². The van der Waals surface area contributed by atoms with Crippen LogP contribution in [0, 0.1) is 6.92 Å². The van der Waals surface area contributed by atoms with E-state index in [1.54, 1.807) is 19.1 Å². The summed E-state index contributed by atoms with van der Waals surface area (Å²) in [5.74, 6) is -3.28. The molecule has 0 N–H and O–H groups in total. The number of ether oxygens (including phenoxy) is 1. The number of nitrogens with zero attached hydrogens (tertiary/aromatic N) is 2. The van der Waals surface area contributed by atoms with Gasteiger partial charge in [-0.2, -0.15) is 8.78 Å². The van der Waals surface area contributed by atoms with Crippen LogP contribution < -0.4 is 0 Å². The van der Waals surface area contributed by atoms with Crippen LogP contribution in [-0.4, -0.2) is 21.7 Å². The van der Waals surface area contributed by atoms with Crippen molar-refractivity contribution in [1.82, 2.24) is 9.97 Å². The number of hydrogen-bond acceptors (Lipinski definition) is 5. The van der Waals surface area contributed by atoms with Gasteiger partial charge in [0.25, 0.3) is 5.76 Å². The third-order valence-electron chi connectivity index (χ3n) is 3.51. The van der Waals surface area contributed by atoms with Crippen LogP contribution in [0.4, 0.5) is 8.78 Å². The Hall–Kier alpha value is -2.54. The summed E-state index contributed by atoms with van der Waals surface area (Å²) in [6.45, 7) is 1.71. The summed E-state index contributed by atoms with van der Waals surface area (Å²) >= 11 is 0.318. The van der Waals surface area contributed by atoms with E-state index in [2.05, 4.69) is 9.97 Å². The lowest BCUT2D eigenvalue weighted by atomic mass is 10.2. The summed E-state index contributed by atoms with van der Waals surface area (Å²) < 4.78 is 30.5. The number of para-hydroxylation sites is 2. The van der Waals surface area contributed by atoms with E-state index in [1.807, 2.05) is 24.3 Å². The molecule has 0 fully saturated rings. The van der Waals surface area contributed by atoms with Gasteiger partial charge in [0, 0.05) is 4.90 Å². The Morgan fingerprint density at radius 1 is 1.08 bits per heavy atom. The minimum Gasteiger partial charge on any atom is -0.455 e. The average molecular weight is 360 g/mol. The Morgan fingerprint density at radius 2 is 1.72 bits per heavy atom. The van der Waals surface area contributed by atoms with Gasteiger partial charge in [0.05, 0.1) is 28.0 Å². The predicted molar refractivity (Wildman–Crippen MR) is 91.7 cm³/mol. The van der Waals surface area contributed by atoms with Crippen molar-refractivity contribution in [3.8, 4) is 0 Å². The largest absolute Gasteiger partial charge is 0.455 e. The fraction of sp³-hybridized carbons (Fsp3) is 0.167. The molecule has 7 heteroatoms. The van der Waals surface area contributed by atoms with E-state index >= 15 is 0 Å². The number of benzene rings is 2. The van der Waals surface area contributed by atoms with Crippen LogP contribution in [0.3, 0.4) is 0 Å². The third kappa shape index (κ3) is 4.11. The molecule has 0 saturated heterocycles. The zero-order valence-electron chi connectivity index (χ0n) is 13.3. The van der Waals surface area contributed by atoms with Crippen LogP contribution in [0.2, 0.25) is 0 Å². The fourth-order valence-electron chi connectivity index (χ4n) is 2.31. The fourth-order valence-corrected chi connectivity index (χ4v) is 2.93. The van der Waals surface area contributed by atoms with Crippen LogP contribution in [0.15, 0.2) is 53.4 Å². The number of fused-ring (bicyclic) bond motifs is 1. The second-order valence-electron chi connectivity index (χ2n) is 5.20. The highest BCUT2D eigenvalue weighted by Gasteiger charge is 2.17. The van der Waals surface area contributed by atoms with Gasteiger partial charge in [0.1, 0.15) is 6.61 Å². The summed E-state index contributed by atoms with van der Waals surface area (Å²) in [5, 5.41) is 0. The number of thioether (sulfide) groups is 1. The summed E-state index contributed by atoms with van der Waals surface area (Å²) in [6.07, 6.45) is 0. The lowest BCUT2D eigenvalue weighted by Crippen LogP contribution is -2.09. The molecule has 4 nitrogen and oxygen atoms in total. The lowest BCUT2D eigenvalue weighted by Gasteiger charge is -2.10. The highest BCUT2D eigenvalue weighted by Crippen LogP contribution is 2.29. The van der Waals surface area contributed by atoms with Crippen LogP contribution in [0.1, 0.15) is 21.7 Å². The Labute approximate surface area is 147 Å². The van der Waals surface area contributed by atoms with Crippen molar-refractivity contribution < 1.29 is 18.3 Å². The molecule has 2 aromatic carbocycles. The molecule has 3 aromatic rings. The Kier molecular flexibility index (Phi) is 5.23. The van der Waals surface area contributed by atoms with E-state index in [4.69, 9.17) is 4.74 Å². The molecule has 0 aliphatic rings. The number of aromatic nitrogens is 2. The first kappa shape index (κ1) is 17.3. The van der Waals surface area contributed by atoms with Gasteiger partial charge in [-0.3, -0.25) is 0 Å². The van der Waals surface area contributed by atoms with Crippen molar-refractivity contribution in [3.05, 3.63) is 65.5 Å². The first-order valence-electron chi connectivity index (χ1n) is 7.48. The molecule has 1 aromatic heterocycles. The summed E-state index contributed by atoms with van der Waals surface area (Å²) in [7, 11) is 0. The highest BCUT2D eigenvalue weighted by atomic mass is 32.2. The Morgan fingerprint density at radius 3 is 2.44 bits per heavy atom. The zero-order chi connectivity index (χ0) is 17.8. The molecule has 0 aliphatic heterocycles. The van der Waals surface area contributed by atoms with E-state index in [0.717, 1.165) is 5.52 Å². The van der Waals surface area contributed by atoms with Gasteiger partial charge >= 0.3 is 5.97 Å². The second kappa shape index (κ2) is 7.57. The molecule has 1 heterocycles. The number of esters is 1. The predicted octanol–water partition coefficient (Wildman–Crippen LogP) is 4.61. The molecule has 0 unspecified atom stereocenters. The maximum atomic E-state index is 12.6. The van der Waals surface area contributed by atoms with Gasteiger partial charge in [-0.15, -0.1) is 0 Å². The molecule has 0 amide bonds. The van der Waals surface area contributed by atoms with Crippen molar-refractivity contribution in [2.24, 2.45) is 0 Å². The molecule has 25 heavy (non-hydrogen) atoms. The highest BCUT2D eigenvalue weighted by molar-refractivity contribution is 7.99. The SMILES string of the molecule is Cc1nc2ccccc2nc1COC(=O)c1ccccc1SC(F)F. The van der Waals surface area contributed by atoms with Gasteiger partial charge in [-0.05, 0) is 31.2 Å². The maximum Gasteiger partial charge on any atom is 0.339 e. The van der Waals surface area contributed by atoms with E-state index in [-0.39, 0.29) is 17.1 Å². The van der Waals surface area contributed by atoms with E-state index in [1.165, 1.54) is 12.1 Å². The second-order valence-corrected chi connectivity index (χ2v) is 6.23. The first-order valence-corrected chi connectivity index (χ1v) is 8.36. The number of alkyl halides is 2. The molecule has 128 valence electrons. The van der Waals surface area contributed by atoms with Crippen LogP contribution in [0.5, 0.6) is 0 Å². The molecule has 0 aliphatic carbocycles. The molecular weight excluding hydrogens is 346 g/mol. The molecule has 0 saturated carbocycles. The lowest BCUT2D eigenvalue weighted by molar-refractivity contribution is 0.0463. The van der Waals surface area contributed by atoms with Gasteiger partial charge in [-0.25, -0.2) is 14.8 Å². The molecule has 0 atom stereocenters. The van der Waals surface area contributed by atoms with E-state index in [9.17, 15) is 13.6 Å². The number of hydrogen-bond donors (Lipinski definition) is 0. The van der Waals surface area contributed by atoms with Gasteiger partial charge < -0.3 is 4.74 Å². The molecular formula is C18H14F2N2O2S. The molecule has 3 rings (SSSR count). The van der Waals surface area contributed by atoms with Crippen molar-refractivity contribution in [2.45, 2.75) is 24.2 Å². The summed E-state index contributed by atoms with van der Waals surface area (Å²) in [6, 6.07) is 13.5. The first-order chi connectivity index (χ1) is 12.0.